The lowest BCUT2D eigenvalue weighted by atomic mass is 9.85. The third kappa shape index (κ3) is 7.50. The topological polar surface area (TPSA) is 141 Å². The number of hydrogen-bond acceptors (Lipinski definition) is 11. The van der Waals surface area contributed by atoms with Crippen LogP contribution in [0.1, 0.15) is 45.6 Å². The molecule has 1 saturated carbocycles. The van der Waals surface area contributed by atoms with Crippen LogP contribution in [0.3, 0.4) is 0 Å². The van der Waals surface area contributed by atoms with E-state index < -0.39 is 18.4 Å². The maximum atomic E-state index is 14.0. The summed E-state index contributed by atoms with van der Waals surface area (Å²) in [6.45, 7) is 5.41. The number of β-amino-alcohol motifs (C(OH)–C–C–N with tert-alkyl or cyclic N) is 1. The van der Waals surface area contributed by atoms with Gasteiger partial charge in [-0.15, -0.1) is 10.2 Å². The van der Waals surface area contributed by atoms with E-state index >= 15 is 0 Å². The van der Waals surface area contributed by atoms with Gasteiger partial charge < -0.3 is 19.9 Å². The van der Waals surface area contributed by atoms with Crippen LogP contribution in [0.15, 0.2) is 43.1 Å². The summed E-state index contributed by atoms with van der Waals surface area (Å²) in [6, 6.07) is 5.61. The minimum absolute atomic E-state index is 0.0271. The molecule has 1 aliphatic carbocycles. The Labute approximate surface area is 267 Å². The van der Waals surface area contributed by atoms with Crippen molar-refractivity contribution in [3.05, 3.63) is 48.1 Å². The maximum Gasteiger partial charge on any atom is 0.304 e. The van der Waals surface area contributed by atoms with Crippen LogP contribution < -0.4 is 14.8 Å². The number of tetrazole rings is 1. The summed E-state index contributed by atoms with van der Waals surface area (Å²) in [7, 11) is 0. The second-order valence-corrected chi connectivity index (χ2v) is 12.4. The second-order valence-electron chi connectivity index (χ2n) is 12.0. The molecule has 3 aromatic heterocycles. The van der Waals surface area contributed by atoms with Crippen molar-refractivity contribution in [1.29, 1.82) is 0 Å². The van der Waals surface area contributed by atoms with Crippen molar-refractivity contribution in [3.8, 4) is 22.8 Å². The molecular weight excluding hydrogens is 629 g/mol. The minimum atomic E-state index is -3.34. The molecule has 2 unspecified atom stereocenters. The molecule has 0 bridgehead atoms. The summed E-state index contributed by atoms with van der Waals surface area (Å²) < 4.78 is 54.1. The van der Waals surface area contributed by atoms with Crippen molar-refractivity contribution in [3.63, 3.8) is 0 Å². The Morgan fingerprint density at radius 1 is 1.07 bits per heavy atom. The Hall–Kier alpha value is -4.02. The monoisotopic (exact) mass is 662 g/mol. The number of hydrogen-bond donors (Lipinski definition) is 2. The van der Waals surface area contributed by atoms with E-state index in [2.05, 4.69) is 40.8 Å². The fraction of sp³-hybridized carbons (Fsp3) is 0.517. The highest BCUT2D eigenvalue weighted by Gasteiger charge is 2.41. The average Bonchev–Trinajstić information content (AvgIpc) is 3.67. The van der Waals surface area contributed by atoms with Crippen molar-refractivity contribution in [1.82, 2.24) is 44.9 Å². The number of ether oxygens (including phenoxy) is 2. The number of rotatable bonds is 12. The van der Waals surface area contributed by atoms with Gasteiger partial charge in [-0.1, -0.05) is 17.7 Å². The quantitative estimate of drug-likeness (QED) is 0.218. The fourth-order valence-corrected chi connectivity index (χ4v) is 6.05. The Morgan fingerprint density at radius 3 is 2.43 bits per heavy atom. The second kappa shape index (κ2) is 13.4. The minimum Gasteiger partial charge on any atom is -0.487 e. The molecular formula is C29H34ClF3N10O3. The molecule has 246 valence electrons. The van der Waals surface area contributed by atoms with Crippen LogP contribution in [0.25, 0.3) is 11.1 Å². The van der Waals surface area contributed by atoms with E-state index in [0.717, 1.165) is 31.2 Å². The summed E-state index contributed by atoms with van der Waals surface area (Å²) in [5.41, 5.74) is 0.930. The van der Waals surface area contributed by atoms with Crippen LogP contribution >= 0.6 is 11.6 Å². The lowest BCUT2D eigenvalue weighted by Gasteiger charge is -2.50. The first-order valence-corrected chi connectivity index (χ1v) is 15.3. The highest BCUT2D eigenvalue weighted by molar-refractivity contribution is 6.32. The molecule has 13 nitrogen and oxygen atoms in total. The Balaban J connectivity index is 1.13. The van der Waals surface area contributed by atoms with Crippen LogP contribution in [-0.2, 0) is 6.54 Å². The standard InChI is InChI=1S/C29H34ClF3N10O3/c1-17(12-42-16-36-39-40-42)45-24-9-18(3-8-22(24)30)19-10-34-28(35-11-19)37-23-13-43(38-27(23)46-26(33)25(31)32)21-6-4-20(5-7-21)41-14-29(2,44)15-41/h3,8-11,13,16-17,20-21,25-26,44H,4-7,12,14-15H2,1-2H3,(H,34,35,37). The summed E-state index contributed by atoms with van der Waals surface area (Å²) in [6.07, 6.45) is 3.12. The molecule has 46 heavy (non-hydrogen) atoms. The molecule has 1 aromatic carbocycles. The molecule has 0 radical (unpaired) electrons. The van der Waals surface area contributed by atoms with Gasteiger partial charge in [-0.25, -0.2) is 23.4 Å². The molecule has 6 rings (SSSR count). The number of nitrogens with one attached hydrogen (secondary N) is 1. The summed E-state index contributed by atoms with van der Waals surface area (Å²) in [5, 5.41) is 28.8. The molecule has 4 aromatic rings. The average molecular weight is 663 g/mol. The molecule has 2 N–H and O–H groups in total. The maximum absolute atomic E-state index is 14.0. The van der Waals surface area contributed by atoms with Crippen molar-refractivity contribution in [2.75, 3.05) is 18.4 Å². The van der Waals surface area contributed by atoms with Crippen LogP contribution in [0, 0.1) is 0 Å². The zero-order chi connectivity index (χ0) is 32.4. The third-order valence-corrected chi connectivity index (χ3v) is 8.40. The van der Waals surface area contributed by atoms with Crippen molar-refractivity contribution in [2.24, 2.45) is 0 Å². The van der Waals surface area contributed by atoms with Gasteiger partial charge in [0, 0.05) is 37.1 Å². The predicted molar refractivity (Wildman–Crippen MR) is 161 cm³/mol. The van der Waals surface area contributed by atoms with Gasteiger partial charge in [0.1, 0.15) is 23.9 Å². The zero-order valence-electron chi connectivity index (χ0n) is 25.2. The van der Waals surface area contributed by atoms with E-state index in [0.29, 0.717) is 42.0 Å². The molecule has 2 fully saturated rings. The van der Waals surface area contributed by atoms with E-state index in [4.69, 9.17) is 21.1 Å². The van der Waals surface area contributed by atoms with Crippen LogP contribution in [0.5, 0.6) is 11.6 Å². The lowest BCUT2D eigenvalue weighted by molar-refractivity contribution is -0.108. The fourth-order valence-electron chi connectivity index (χ4n) is 5.88. The van der Waals surface area contributed by atoms with Crippen molar-refractivity contribution in [2.45, 2.75) is 82.6 Å². The van der Waals surface area contributed by atoms with Gasteiger partial charge in [0.2, 0.25) is 5.95 Å². The highest BCUT2D eigenvalue weighted by atomic mass is 35.5. The van der Waals surface area contributed by atoms with Gasteiger partial charge in [0.25, 0.3) is 12.2 Å². The SMILES string of the molecule is CC(Cn1cnnn1)Oc1cc(-c2cnc(Nc3cn(C4CCC(N5CC(C)(O)C5)CC4)nc3OC(F)C(F)F)nc2)ccc1Cl. The van der Waals surface area contributed by atoms with Gasteiger partial charge in [0.05, 0.1) is 29.4 Å². The first-order chi connectivity index (χ1) is 22.0. The Bertz CT molecular complexity index is 1590. The number of aliphatic hydroxyl groups is 1. The molecule has 0 amide bonds. The third-order valence-electron chi connectivity index (χ3n) is 8.09. The van der Waals surface area contributed by atoms with Gasteiger partial charge in [-0.3, -0.25) is 9.58 Å². The van der Waals surface area contributed by atoms with Gasteiger partial charge in [0.15, 0.2) is 0 Å². The lowest BCUT2D eigenvalue weighted by Crippen LogP contribution is -2.63. The summed E-state index contributed by atoms with van der Waals surface area (Å²) in [4.78, 5) is 11.0. The van der Waals surface area contributed by atoms with E-state index in [1.807, 2.05) is 13.8 Å². The summed E-state index contributed by atoms with van der Waals surface area (Å²) >= 11 is 6.38. The smallest absolute Gasteiger partial charge is 0.304 e. The number of aromatic nitrogens is 8. The van der Waals surface area contributed by atoms with Crippen LogP contribution in [0.4, 0.5) is 24.8 Å². The Morgan fingerprint density at radius 2 is 1.78 bits per heavy atom. The van der Waals surface area contributed by atoms with E-state index in [9.17, 15) is 18.3 Å². The molecule has 1 aliphatic heterocycles. The first kappa shape index (κ1) is 31.9. The number of benzene rings is 1. The predicted octanol–water partition coefficient (Wildman–Crippen LogP) is 4.68. The largest absolute Gasteiger partial charge is 0.487 e. The van der Waals surface area contributed by atoms with E-state index in [-0.39, 0.29) is 29.7 Å². The van der Waals surface area contributed by atoms with Gasteiger partial charge >= 0.3 is 6.43 Å². The van der Waals surface area contributed by atoms with Gasteiger partial charge in [-0.05, 0) is 67.7 Å². The van der Waals surface area contributed by atoms with Gasteiger partial charge in [-0.2, -0.15) is 4.39 Å². The molecule has 0 spiro atoms. The normalized spacial score (nSPS) is 21.0. The van der Waals surface area contributed by atoms with E-state index in [1.54, 1.807) is 46.2 Å². The first-order valence-electron chi connectivity index (χ1n) is 14.9. The Kier molecular flexibility index (Phi) is 9.29. The zero-order valence-corrected chi connectivity index (χ0v) is 25.9. The number of nitrogens with zero attached hydrogens (tertiary/aromatic N) is 9. The number of alkyl halides is 3. The molecule has 4 heterocycles. The van der Waals surface area contributed by atoms with E-state index in [1.165, 1.54) is 6.33 Å². The van der Waals surface area contributed by atoms with Crippen LogP contribution in [0.2, 0.25) is 5.02 Å². The highest BCUT2D eigenvalue weighted by Crippen LogP contribution is 2.37. The molecule has 1 saturated heterocycles. The molecule has 2 aliphatic rings. The molecule has 2 atom stereocenters. The molecule has 17 heteroatoms. The number of likely N-dealkylation sites (tertiary alicyclic amines) is 1. The van der Waals surface area contributed by atoms with Crippen molar-refractivity contribution < 1.29 is 27.8 Å². The van der Waals surface area contributed by atoms with Crippen molar-refractivity contribution >= 4 is 23.2 Å². The van der Waals surface area contributed by atoms with Crippen LogP contribution in [-0.4, -0.2) is 93.6 Å². The summed E-state index contributed by atoms with van der Waals surface area (Å²) in [5.74, 6) is 0.285. The number of anilines is 2. The number of halogens is 4.